The average molecular weight is 331 g/mol. The zero-order chi connectivity index (χ0) is 17.4. The Morgan fingerprint density at radius 2 is 2.00 bits per heavy atom. The number of esters is 1. The lowest BCUT2D eigenvalue weighted by molar-refractivity contribution is -0.156. The van der Waals surface area contributed by atoms with Gasteiger partial charge in [-0.25, -0.2) is 4.79 Å². The fourth-order valence-corrected chi connectivity index (χ4v) is 1.80. The lowest BCUT2D eigenvalue weighted by Crippen LogP contribution is -2.36. The van der Waals surface area contributed by atoms with E-state index >= 15 is 0 Å². The van der Waals surface area contributed by atoms with Crippen molar-refractivity contribution in [2.75, 3.05) is 6.61 Å². The van der Waals surface area contributed by atoms with Gasteiger partial charge in [0.15, 0.2) is 12.7 Å². The number of hydrogen-bond donors (Lipinski definition) is 1. The van der Waals surface area contributed by atoms with Crippen molar-refractivity contribution in [1.29, 1.82) is 0 Å². The Bertz CT molecular complexity index is 678. The maximum Gasteiger partial charge on any atom is 0.344 e. The summed E-state index contributed by atoms with van der Waals surface area (Å²) in [6, 6.07) is 9.70. The lowest BCUT2D eigenvalue weighted by atomic mass is 10.2. The van der Waals surface area contributed by atoms with Crippen molar-refractivity contribution in [1.82, 2.24) is 5.32 Å². The summed E-state index contributed by atoms with van der Waals surface area (Å²) in [4.78, 5) is 34.0. The molecule has 0 saturated carbocycles. The van der Waals surface area contributed by atoms with Crippen LogP contribution >= 0.6 is 0 Å². The van der Waals surface area contributed by atoms with Crippen molar-refractivity contribution in [3.63, 3.8) is 0 Å². The molecule has 1 N–H and O–H groups in total. The van der Waals surface area contributed by atoms with Crippen molar-refractivity contribution < 1.29 is 28.3 Å². The first-order valence-corrected chi connectivity index (χ1v) is 7.26. The molecule has 0 saturated heterocycles. The number of furan rings is 1. The van der Waals surface area contributed by atoms with Gasteiger partial charge in [0.1, 0.15) is 17.8 Å². The topological polar surface area (TPSA) is 94.8 Å². The summed E-state index contributed by atoms with van der Waals surface area (Å²) < 4.78 is 15.3. The molecule has 24 heavy (non-hydrogen) atoms. The van der Waals surface area contributed by atoms with Crippen molar-refractivity contribution in [2.24, 2.45) is 0 Å². The number of carbonyl (C=O) groups excluding carboxylic acids is 3. The molecule has 0 bridgehead atoms. The minimum Gasteiger partial charge on any atom is -0.482 e. The Kier molecular flexibility index (Phi) is 6.13. The van der Waals surface area contributed by atoms with Gasteiger partial charge in [-0.05, 0) is 43.3 Å². The van der Waals surface area contributed by atoms with Gasteiger partial charge in [0, 0.05) is 5.56 Å². The zero-order valence-corrected chi connectivity index (χ0v) is 13.1. The highest BCUT2D eigenvalue weighted by Crippen LogP contribution is 2.11. The van der Waals surface area contributed by atoms with Crippen LogP contribution in [-0.4, -0.2) is 30.9 Å². The van der Waals surface area contributed by atoms with E-state index in [2.05, 4.69) is 5.32 Å². The minimum atomic E-state index is -0.950. The number of hydrogen-bond acceptors (Lipinski definition) is 6. The molecule has 126 valence electrons. The molecule has 1 amide bonds. The van der Waals surface area contributed by atoms with Crippen molar-refractivity contribution in [3.8, 4) is 5.75 Å². The molecule has 1 atom stereocenters. The van der Waals surface area contributed by atoms with Crippen LogP contribution in [0.4, 0.5) is 0 Å². The van der Waals surface area contributed by atoms with E-state index in [1.807, 2.05) is 0 Å². The fraction of sp³-hybridized carbons (Fsp3) is 0.235. The molecule has 2 rings (SSSR count). The van der Waals surface area contributed by atoms with Crippen LogP contribution in [0.15, 0.2) is 47.1 Å². The monoisotopic (exact) mass is 331 g/mol. The number of amides is 1. The highest BCUT2D eigenvalue weighted by atomic mass is 16.6. The van der Waals surface area contributed by atoms with Crippen LogP contribution in [0, 0.1) is 0 Å². The number of rotatable bonds is 8. The summed E-state index contributed by atoms with van der Waals surface area (Å²) in [6.45, 7) is 1.35. The van der Waals surface area contributed by atoms with Gasteiger partial charge in [0.2, 0.25) is 0 Å². The summed E-state index contributed by atoms with van der Waals surface area (Å²) in [5.74, 6) is -0.0818. The third-order valence-electron chi connectivity index (χ3n) is 3.07. The standard InChI is InChI=1S/C17H17NO6/c1-12(17(21)18-9-15-3-2-8-22-15)24-16(20)11-23-14-6-4-13(10-19)5-7-14/h2-8,10,12H,9,11H2,1H3,(H,18,21)/t12-/m1/s1. The predicted molar refractivity (Wildman–Crippen MR) is 83.4 cm³/mol. The molecule has 0 fully saturated rings. The number of nitrogens with one attached hydrogen (secondary N) is 1. The molecular weight excluding hydrogens is 314 g/mol. The van der Waals surface area contributed by atoms with Crippen LogP contribution in [0.5, 0.6) is 5.75 Å². The van der Waals surface area contributed by atoms with E-state index in [1.54, 1.807) is 36.4 Å². The summed E-state index contributed by atoms with van der Waals surface area (Å²) in [6.07, 6.45) is 1.26. The van der Waals surface area contributed by atoms with Gasteiger partial charge < -0.3 is 19.2 Å². The second-order valence-electron chi connectivity index (χ2n) is 4.90. The number of ether oxygens (including phenoxy) is 2. The summed E-state index contributed by atoms with van der Waals surface area (Å²) in [5.41, 5.74) is 0.506. The zero-order valence-electron chi connectivity index (χ0n) is 13.1. The molecule has 0 aliphatic heterocycles. The smallest absolute Gasteiger partial charge is 0.344 e. The Morgan fingerprint density at radius 1 is 1.25 bits per heavy atom. The number of aldehydes is 1. The second kappa shape index (κ2) is 8.52. The highest BCUT2D eigenvalue weighted by molar-refractivity contribution is 5.83. The second-order valence-corrected chi connectivity index (χ2v) is 4.90. The number of benzene rings is 1. The lowest BCUT2D eigenvalue weighted by Gasteiger charge is -2.13. The van der Waals surface area contributed by atoms with Crippen LogP contribution in [0.1, 0.15) is 23.0 Å². The Balaban J connectivity index is 1.71. The third kappa shape index (κ3) is 5.28. The van der Waals surface area contributed by atoms with E-state index in [-0.39, 0.29) is 13.2 Å². The van der Waals surface area contributed by atoms with Gasteiger partial charge in [-0.15, -0.1) is 0 Å². The van der Waals surface area contributed by atoms with Crippen LogP contribution in [0.25, 0.3) is 0 Å². The largest absolute Gasteiger partial charge is 0.482 e. The Hall–Kier alpha value is -3.09. The van der Waals surface area contributed by atoms with Crippen molar-refractivity contribution in [3.05, 3.63) is 54.0 Å². The first-order chi connectivity index (χ1) is 11.6. The molecule has 0 radical (unpaired) electrons. The van der Waals surface area contributed by atoms with E-state index in [0.717, 1.165) is 0 Å². The first kappa shape index (κ1) is 17.3. The molecule has 0 spiro atoms. The van der Waals surface area contributed by atoms with Crippen LogP contribution < -0.4 is 10.1 Å². The predicted octanol–water partition coefficient (Wildman–Crippen LogP) is 1.72. The SMILES string of the molecule is C[C@@H](OC(=O)COc1ccc(C=O)cc1)C(=O)NCc1ccco1. The van der Waals surface area contributed by atoms with E-state index in [4.69, 9.17) is 13.9 Å². The Labute approximate surface area is 138 Å². The summed E-state index contributed by atoms with van der Waals surface area (Å²) >= 11 is 0. The Morgan fingerprint density at radius 3 is 2.62 bits per heavy atom. The highest BCUT2D eigenvalue weighted by Gasteiger charge is 2.18. The van der Waals surface area contributed by atoms with Crippen molar-refractivity contribution >= 4 is 18.2 Å². The van der Waals surface area contributed by atoms with E-state index in [0.29, 0.717) is 23.4 Å². The molecule has 0 aliphatic rings. The molecule has 0 aliphatic carbocycles. The van der Waals surface area contributed by atoms with E-state index in [9.17, 15) is 14.4 Å². The molecular formula is C17H17NO6. The molecule has 7 heteroatoms. The molecule has 1 aromatic carbocycles. The average Bonchev–Trinajstić information content (AvgIpc) is 3.11. The minimum absolute atomic E-state index is 0.216. The van der Waals surface area contributed by atoms with Gasteiger partial charge >= 0.3 is 5.97 Å². The normalized spacial score (nSPS) is 11.4. The summed E-state index contributed by atoms with van der Waals surface area (Å²) in [5, 5.41) is 2.59. The van der Waals surface area contributed by atoms with E-state index in [1.165, 1.54) is 13.2 Å². The molecule has 7 nitrogen and oxygen atoms in total. The van der Waals surface area contributed by atoms with E-state index < -0.39 is 18.0 Å². The number of carbonyl (C=O) groups is 3. The molecule has 2 aromatic rings. The van der Waals surface area contributed by atoms with Crippen LogP contribution in [0.3, 0.4) is 0 Å². The maximum absolute atomic E-state index is 11.8. The summed E-state index contributed by atoms with van der Waals surface area (Å²) in [7, 11) is 0. The van der Waals surface area contributed by atoms with Gasteiger partial charge in [-0.2, -0.15) is 0 Å². The maximum atomic E-state index is 11.8. The van der Waals surface area contributed by atoms with Crippen molar-refractivity contribution in [2.45, 2.75) is 19.6 Å². The quantitative estimate of drug-likeness (QED) is 0.584. The molecule has 0 unspecified atom stereocenters. The fourth-order valence-electron chi connectivity index (χ4n) is 1.80. The van der Waals surface area contributed by atoms with Crippen LogP contribution in [-0.2, 0) is 20.9 Å². The molecule has 1 aromatic heterocycles. The first-order valence-electron chi connectivity index (χ1n) is 7.26. The van der Waals surface area contributed by atoms with Gasteiger partial charge in [-0.1, -0.05) is 0 Å². The van der Waals surface area contributed by atoms with Gasteiger partial charge in [0.05, 0.1) is 12.8 Å². The van der Waals surface area contributed by atoms with Crippen LogP contribution in [0.2, 0.25) is 0 Å². The molecule has 1 heterocycles. The van der Waals surface area contributed by atoms with Gasteiger partial charge in [-0.3, -0.25) is 9.59 Å². The van der Waals surface area contributed by atoms with Gasteiger partial charge in [0.25, 0.3) is 5.91 Å². The third-order valence-corrected chi connectivity index (χ3v) is 3.07.